The Balaban J connectivity index is 1.61. The zero-order valence-corrected chi connectivity index (χ0v) is 23.3. The lowest BCUT2D eigenvalue weighted by Gasteiger charge is -2.33. The van der Waals surface area contributed by atoms with Crippen LogP contribution in [0, 0.1) is 23.5 Å². The van der Waals surface area contributed by atoms with Gasteiger partial charge in [0.15, 0.2) is 0 Å². The van der Waals surface area contributed by atoms with E-state index in [4.69, 9.17) is 0 Å². The van der Waals surface area contributed by atoms with E-state index < -0.39 is 43.6 Å². The normalized spacial score (nSPS) is 18.6. The first kappa shape index (κ1) is 29.3. The van der Waals surface area contributed by atoms with Crippen LogP contribution in [-0.2, 0) is 11.0 Å². The molecule has 2 N–H and O–H groups in total. The summed E-state index contributed by atoms with van der Waals surface area (Å²) in [5.74, 6) is 3.81. The van der Waals surface area contributed by atoms with Crippen LogP contribution in [0.3, 0.4) is 0 Å². The number of rotatable bonds is 6. The largest absolute Gasteiger partial charge is 0.393 e. The van der Waals surface area contributed by atoms with Crippen LogP contribution in [0.1, 0.15) is 16.9 Å². The van der Waals surface area contributed by atoms with Crippen molar-refractivity contribution >= 4 is 45.2 Å². The van der Waals surface area contributed by atoms with Crippen molar-refractivity contribution < 1.29 is 30.9 Å². The van der Waals surface area contributed by atoms with E-state index in [9.17, 15) is 30.9 Å². The first-order valence-electron chi connectivity index (χ1n) is 12.2. The number of hydrogen-bond donors (Lipinski definition) is 2. The molecule has 2 atom stereocenters. The molecule has 1 saturated heterocycles. The summed E-state index contributed by atoms with van der Waals surface area (Å²) in [5.41, 5.74) is 0.365. The fourth-order valence-corrected chi connectivity index (χ4v) is 6.70. The second kappa shape index (κ2) is 11.4. The van der Waals surface area contributed by atoms with Gasteiger partial charge in [-0.25, -0.2) is 13.2 Å². The SMILES string of the molecule is CN1CCC(Nc2cccc3c(CC(F)(F)F)c(C#CCNc4cc(F)c(P(C)(C)=O)cc4F)sc23)C(F)C1. The van der Waals surface area contributed by atoms with Crippen LogP contribution in [0.2, 0.25) is 0 Å². The van der Waals surface area contributed by atoms with Crippen molar-refractivity contribution in [2.24, 2.45) is 0 Å². The number of nitrogens with zero attached hydrogens (tertiary/aromatic N) is 1. The summed E-state index contributed by atoms with van der Waals surface area (Å²) in [7, 11) is -1.19. The molecule has 0 saturated carbocycles. The molecule has 3 aromatic rings. The second-order valence-electron chi connectivity index (χ2n) is 9.99. The van der Waals surface area contributed by atoms with Crippen molar-refractivity contribution in [1.82, 2.24) is 4.90 Å². The minimum atomic E-state index is -4.48. The average molecular weight is 588 g/mol. The van der Waals surface area contributed by atoms with E-state index in [0.29, 0.717) is 28.7 Å². The molecule has 4 rings (SSSR count). The van der Waals surface area contributed by atoms with Crippen molar-refractivity contribution in [2.75, 3.05) is 50.6 Å². The summed E-state index contributed by atoms with van der Waals surface area (Å²) in [5, 5.41) is 5.99. The monoisotopic (exact) mass is 587 g/mol. The molecule has 12 heteroatoms. The fraction of sp³-hybridized carbons (Fsp3) is 0.407. The highest BCUT2D eigenvalue weighted by Gasteiger charge is 2.32. The molecular formula is C27H28F6N3OPS. The van der Waals surface area contributed by atoms with Gasteiger partial charge in [0.25, 0.3) is 0 Å². The van der Waals surface area contributed by atoms with Crippen LogP contribution < -0.4 is 15.9 Å². The molecule has 1 aliphatic heterocycles. The van der Waals surface area contributed by atoms with Crippen LogP contribution in [0.4, 0.5) is 37.7 Å². The number of anilines is 2. The summed E-state index contributed by atoms with van der Waals surface area (Å²) in [6, 6.07) is 6.23. The van der Waals surface area contributed by atoms with Gasteiger partial charge >= 0.3 is 6.18 Å². The van der Waals surface area contributed by atoms with Gasteiger partial charge < -0.3 is 20.1 Å². The van der Waals surface area contributed by atoms with Crippen molar-refractivity contribution in [3.05, 3.63) is 52.4 Å². The molecular weight excluding hydrogens is 559 g/mol. The molecule has 210 valence electrons. The number of piperidine rings is 1. The smallest absolute Gasteiger partial charge is 0.378 e. The van der Waals surface area contributed by atoms with E-state index in [1.807, 2.05) is 11.9 Å². The predicted octanol–water partition coefficient (Wildman–Crippen LogP) is 6.45. The number of fused-ring (bicyclic) bond motifs is 1. The molecule has 0 amide bonds. The number of nitrogens with one attached hydrogen (secondary N) is 2. The van der Waals surface area contributed by atoms with E-state index >= 15 is 0 Å². The minimum absolute atomic E-state index is 0.0158. The van der Waals surface area contributed by atoms with Crippen molar-refractivity contribution in [1.29, 1.82) is 0 Å². The standard InChI is InChI=1S/C27H28F6N3OPS/c1-36-11-9-21(20(30)15-36)35-22-7-4-6-16-17(14-27(31,32)33)25(39-26(16)22)8-5-10-34-23-12-19(29)24(13-18(23)28)38(2,3)37/h4,6-7,12-13,20-21,34-35H,9-11,14-15H2,1-3H3. The van der Waals surface area contributed by atoms with E-state index in [0.717, 1.165) is 23.5 Å². The van der Waals surface area contributed by atoms with Gasteiger partial charge in [0, 0.05) is 24.5 Å². The molecule has 2 heterocycles. The molecule has 0 bridgehead atoms. The predicted molar refractivity (Wildman–Crippen MR) is 147 cm³/mol. The number of alkyl halides is 4. The lowest BCUT2D eigenvalue weighted by atomic mass is 10.0. The number of halogens is 6. The Morgan fingerprint density at radius 1 is 1.15 bits per heavy atom. The molecule has 0 spiro atoms. The summed E-state index contributed by atoms with van der Waals surface area (Å²) in [6.07, 6.45) is -6.24. The summed E-state index contributed by atoms with van der Waals surface area (Å²) >= 11 is 1.08. The maximum atomic E-state index is 14.6. The van der Waals surface area contributed by atoms with E-state index in [1.165, 1.54) is 13.3 Å². The highest BCUT2D eigenvalue weighted by atomic mass is 32.1. The van der Waals surface area contributed by atoms with Gasteiger partial charge in [0.2, 0.25) is 0 Å². The van der Waals surface area contributed by atoms with Crippen LogP contribution in [0.5, 0.6) is 0 Å². The zero-order chi connectivity index (χ0) is 28.5. The highest BCUT2D eigenvalue weighted by Crippen LogP contribution is 2.40. The van der Waals surface area contributed by atoms with Crippen LogP contribution in [-0.4, -0.2) is 63.3 Å². The molecule has 2 unspecified atom stereocenters. The Hall–Kier alpha value is -2.67. The molecule has 1 aliphatic rings. The maximum Gasteiger partial charge on any atom is 0.393 e. The first-order valence-corrected chi connectivity index (χ1v) is 15.6. The minimum Gasteiger partial charge on any atom is -0.378 e. The van der Waals surface area contributed by atoms with Crippen molar-refractivity contribution in [3.63, 3.8) is 0 Å². The Morgan fingerprint density at radius 2 is 1.90 bits per heavy atom. The Labute approximate surface area is 227 Å². The topological polar surface area (TPSA) is 44.4 Å². The van der Waals surface area contributed by atoms with Gasteiger partial charge in [-0.2, -0.15) is 13.2 Å². The first-order chi connectivity index (χ1) is 18.2. The molecule has 2 aromatic carbocycles. The third-order valence-electron chi connectivity index (χ3n) is 6.47. The highest BCUT2D eigenvalue weighted by molar-refractivity contribution is 7.70. The summed E-state index contributed by atoms with van der Waals surface area (Å²) in [4.78, 5) is 2.08. The zero-order valence-electron chi connectivity index (χ0n) is 21.6. The Bertz CT molecular complexity index is 1470. The van der Waals surface area contributed by atoms with Crippen LogP contribution >= 0.6 is 18.5 Å². The lowest BCUT2D eigenvalue weighted by molar-refractivity contribution is -0.126. The molecule has 0 aliphatic carbocycles. The lowest BCUT2D eigenvalue weighted by Crippen LogP contribution is -2.46. The fourth-order valence-electron chi connectivity index (χ4n) is 4.53. The van der Waals surface area contributed by atoms with Gasteiger partial charge in [-0.1, -0.05) is 24.0 Å². The van der Waals surface area contributed by atoms with Gasteiger partial charge in [-0.3, -0.25) is 0 Å². The third-order valence-corrected chi connectivity index (χ3v) is 9.17. The number of hydrogen-bond acceptors (Lipinski definition) is 5. The number of likely N-dealkylation sites (tertiary alicyclic amines) is 1. The molecule has 1 aromatic heterocycles. The summed E-state index contributed by atoms with van der Waals surface area (Å²) < 4.78 is 96.5. The number of benzene rings is 2. The van der Waals surface area contributed by atoms with Gasteiger partial charge in [0.05, 0.1) is 40.0 Å². The average Bonchev–Trinajstić information content (AvgIpc) is 3.16. The molecule has 39 heavy (non-hydrogen) atoms. The second-order valence-corrected chi connectivity index (χ2v) is 14.2. The van der Waals surface area contributed by atoms with Crippen molar-refractivity contribution in [3.8, 4) is 11.8 Å². The van der Waals surface area contributed by atoms with Crippen LogP contribution in [0.25, 0.3) is 10.1 Å². The maximum absolute atomic E-state index is 14.6. The van der Waals surface area contributed by atoms with Crippen molar-refractivity contribution in [2.45, 2.75) is 31.2 Å². The quantitative estimate of drug-likeness (QED) is 0.198. The van der Waals surface area contributed by atoms with E-state index in [1.54, 1.807) is 18.2 Å². The van der Waals surface area contributed by atoms with Crippen LogP contribution in [0.15, 0.2) is 30.3 Å². The molecule has 4 nitrogen and oxygen atoms in total. The molecule has 1 fully saturated rings. The third kappa shape index (κ3) is 7.10. The van der Waals surface area contributed by atoms with Gasteiger partial charge in [0.1, 0.15) is 24.9 Å². The van der Waals surface area contributed by atoms with Gasteiger partial charge in [-0.15, -0.1) is 11.3 Å². The van der Waals surface area contributed by atoms with Gasteiger partial charge in [-0.05, 0) is 49.9 Å². The van der Waals surface area contributed by atoms with E-state index in [2.05, 4.69) is 22.5 Å². The summed E-state index contributed by atoms with van der Waals surface area (Å²) in [6.45, 7) is 3.46. The Morgan fingerprint density at radius 3 is 2.56 bits per heavy atom. The van der Waals surface area contributed by atoms with E-state index in [-0.39, 0.29) is 34.5 Å². The Kier molecular flexibility index (Phi) is 8.60. The number of thiophene rings is 1. The molecule has 0 radical (unpaired) electrons.